The zero-order chi connectivity index (χ0) is 18.0. The summed E-state index contributed by atoms with van der Waals surface area (Å²) in [7, 11) is 0. The van der Waals surface area contributed by atoms with Gasteiger partial charge in [-0.2, -0.15) is 0 Å². The van der Waals surface area contributed by atoms with Crippen molar-refractivity contribution in [1.29, 1.82) is 0 Å². The number of aliphatic hydroxyl groups excluding tert-OH is 1. The van der Waals surface area contributed by atoms with Gasteiger partial charge in [0, 0.05) is 18.7 Å². The average Bonchev–Trinajstić information content (AvgIpc) is 3.03. The molecule has 132 valence electrons. The first-order chi connectivity index (χ1) is 12.0. The molecule has 1 fully saturated rings. The molecular formula is C19H19F2NO3. The van der Waals surface area contributed by atoms with Crippen LogP contribution in [-0.2, 0) is 0 Å². The lowest BCUT2D eigenvalue weighted by Crippen LogP contribution is -2.36. The number of benzene rings is 2. The number of phenolic OH excluding ortho intramolecular Hbond substituents is 1. The summed E-state index contributed by atoms with van der Waals surface area (Å²) in [4.78, 5) is 14.3. The molecule has 4 nitrogen and oxygen atoms in total. The number of likely N-dealkylation sites (tertiary alicyclic amines) is 1. The highest BCUT2D eigenvalue weighted by atomic mass is 19.1. The molecule has 25 heavy (non-hydrogen) atoms. The number of rotatable bonds is 4. The Hall–Kier alpha value is -2.47. The first kappa shape index (κ1) is 17.4. The van der Waals surface area contributed by atoms with Crippen molar-refractivity contribution in [1.82, 2.24) is 4.90 Å². The first-order valence-corrected chi connectivity index (χ1v) is 8.18. The molecular weight excluding hydrogens is 328 g/mol. The summed E-state index contributed by atoms with van der Waals surface area (Å²) in [5, 5.41) is 20.2. The molecule has 0 radical (unpaired) electrons. The van der Waals surface area contributed by atoms with Gasteiger partial charge in [-0.05, 0) is 49.1 Å². The van der Waals surface area contributed by atoms with Gasteiger partial charge >= 0.3 is 0 Å². The number of carbonyl (C=O) groups excluding carboxylic acids is 1. The fourth-order valence-electron chi connectivity index (χ4n) is 3.27. The fourth-order valence-corrected chi connectivity index (χ4v) is 3.27. The molecule has 2 aromatic carbocycles. The Morgan fingerprint density at radius 3 is 2.52 bits per heavy atom. The number of aliphatic hydroxyl groups is 1. The van der Waals surface area contributed by atoms with Gasteiger partial charge in [-0.25, -0.2) is 8.78 Å². The predicted octanol–water partition coefficient (Wildman–Crippen LogP) is 3.40. The van der Waals surface area contributed by atoms with Gasteiger partial charge < -0.3 is 15.1 Å². The summed E-state index contributed by atoms with van der Waals surface area (Å²) < 4.78 is 26.1. The number of aromatic hydroxyl groups is 1. The standard InChI is InChI=1S/C19H19F2NO3/c20-13-5-3-12(4-6-13)17(23)11-15-2-1-9-22(15)19(25)16-8-7-14(21)10-18(16)24/h3-8,10,15,17,23-24H,1-2,9,11H2. The first-order valence-electron chi connectivity index (χ1n) is 8.18. The van der Waals surface area contributed by atoms with E-state index in [1.807, 2.05) is 0 Å². The number of halogens is 2. The number of hydrogen-bond acceptors (Lipinski definition) is 3. The maximum absolute atomic E-state index is 13.1. The fraction of sp³-hybridized carbons (Fsp3) is 0.316. The average molecular weight is 347 g/mol. The molecule has 2 aromatic rings. The van der Waals surface area contributed by atoms with Crippen LogP contribution in [0.5, 0.6) is 5.75 Å². The number of hydrogen-bond donors (Lipinski definition) is 2. The Balaban J connectivity index is 1.73. The minimum absolute atomic E-state index is 0.0459. The van der Waals surface area contributed by atoms with E-state index in [4.69, 9.17) is 0 Å². The third-order valence-electron chi connectivity index (χ3n) is 4.58. The summed E-state index contributed by atoms with van der Waals surface area (Å²) in [5.41, 5.74) is 0.634. The van der Waals surface area contributed by atoms with Crippen LogP contribution in [0.25, 0.3) is 0 Å². The van der Waals surface area contributed by atoms with Gasteiger partial charge in [0.05, 0.1) is 11.7 Å². The maximum atomic E-state index is 13.1. The largest absolute Gasteiger partial charge is 0.507 e. The van der Waals surface area contributed by atoms with Crippen LogP contribution in [0.3, 0.4) is 0 Å². The monoisotopic (exact) mass is 347 g/mol. The molecule has 1 aliphatic rings. The van der Waals surface area contributed by atoms with Crippen molar-refractivity contribution in [3.8, 4) is 5.75 Å². The molecule has 0 saturated carbocycles. The Labute approximate surface area is 144 Å². The lowest BCUT2D eigenvalue weighted by molar-refractivity contribution is 0.0664. The predicted molar refractivity (Wildman–Crippen MR) is 88.1 cm³/mol. The Morgan fingerprint density at radius 2 is 1.84 bits per heavy atom. The summed E-state index contributed by atoms with van der Waals surface area (Å²) >= 11 is 0. The van der Waals surface area contributed by atoms with Crippen LogP contribution in [0.2, 0.25) is 0 Å². The maximum Gasteiger partial charge on any atom is 0.257 e. The summed E-state index contributed by atoms with van der Waals surface area (Å²) in [5.74, 6) is -1.76. The SMILES string of the molecule is O=C(c1ccc(F)cc1O)N1CCCC1CC(O)c1ccc(F)cc1. The molecule has 0 spiro atoms. The Kier molecular flexibility index (Phi) is 4.99. The van der Waals surface area contributed by atoms with Gasteiger partial charge in [-0.3, -0.25) is 4.79 Å². The number of phenols is 1. The van der Waals surface area contributed by atoms with Gasteiger partial charge in [0.2, 0.25) is 0 Å². The van der Waals surface area contributed by atoms with E-state index < -0.39 is 17.7 Å². The van der Waals surface area contributed by atoms with Crippen molar-refractivity contribution in [2.75, 3.05) is 6.54 Å². The van der Waals surface area contributed by atoms with Gasteiger partial charge in [0.1, 0.15) is 17.4 Å². The van der Waals surface area contributed by atoms with Gasteiger partial charge in [0.15, 0.2) is 0 Å². The van der Waals surface area contributed by atoms with Crippen molar-refractivity contribution in [3.63, 3.8) is 0 Å². The lowest BCUT2D eigenvalue weighted by atomic mass is 10.00. The van der Waals surface area contributed by atoms with Crippen LogP contribution >= 0.6 is 0 Å². The number of carbonyl (C=O) groups is 1. The molecule has 0 aromatic heterocycles. The minimum Gasteiger partial charge on any atom is -0.507 e. The second-order valence-electron chi connectivity index (χ2n) is 6.26. The van der Waals surface area contributed by atoms with E-state index >= 15 is 0 Å². The molecule has 2 N–H and O–H groups in total. The number of amides is 1. The zero-order valence-electron chi connectivity index (χ0n) is 13.5. The highest BCUT2D eigenvalue weighted by Gasteiger charge is 2.32. The van der Waals surface area contributed by atoms with Crippen LogP contribution in [0.15, 0.2) is 42.5 Å². The molecule has 3 rings (SSSR count). The minimum atomic E-state index is -0.819. The third-order valence-corrected chi connectivity index (χ3v) is 4.58. The summed E-state index contributed by atoms with van der Waals surface area (Å²) in [6.07, 6.45) is 1.01. The van der Waals surface area contributed by atoms with Crippen molar-refractivity contribution >= 4 is 5.91 Å². The number of nitrogens with zero attached hydrogens (tertiary/aromatic N) is 1. The lowest BCUT2D eigenvalue weighted by Gasteiger charge is -2.27. The van der Waals surface area contributed by atoms with E-state index in [1.54, 1.807) is 4.90 Å². The quantitative estimate of drug-likeness (QED) is 0.891. The zero-order valence-corrected chi connectivity index (χ0v) is 13.5. The van der Waals surface area contributed by atoms with E-state index in [9.17, 15) is 23.8 Å². The molecule has 1 amide bonds. The normalized spacial score (nSPS) is 18.4. The molecule has 0 bridgehead atoms. The van der Waals surface area contributed by atoms with Crippen LogP contribution in [-0.4, -0.2) is 33.6 Å². The van der Waals surface area contributed by atoms with Crippen LogP contribution in [0.4, 0.5) is 8.78 Å². The van der Waals surface area contributed by atoms with E-state index in [0.717, 1.165) is 25.0 Å². The summed E-state index contributed by atoms with van der Waals surface area (Å²) in [6.45, 7) is 0.510. The van der Waals surface area contributed by atoms with Crippen molar-refractivity contribution < 1.29 is 23.8 Å². The van der Waals surface area contributed by atoms with Crippen molar-refractivity contribution in [2.45, 2.75) is 31.4 Å². The van der Waals surface area contributed by atoms with Gasteiger partial charge in [-0.1, -0.05) is 12.1 Å². The van der Waals surface area contributed by atoms with Crippen molar-refractivity contribution in [3.05, 3.63) is 65.2 Å². The Morgan fingerprint density at radius 1 is 1.16 bits per heavy atom. The molecule has 2 unspecified atom stereocenters. The highest BCUT2D eigenvalue weighted by Crippen LogP contribution is 2.30. The third kappa shape index (κ3) is 3.79. The second-order valence-corrected chi connectivity index (χ2v) is 6.26. The van der Waals surface area contributed by atoms with E-state index in [0.29, 0.717) is 18.5 Å². The molecule has 1 heterocycles. The molecule has 1 aliphatic heterocycles. The summed E-state index contributed by atoms with van der Waals surface area (Å²) in [6, 6.07) is 8.71. The van der Waals surface area contributed by atoms with Crippen LogP contribution in [0, 0.1) is 11.6 Å². The van der Waals surface area contributed by atoms with E-state index in [2.05, 4.69) is 0 Å². The Bertz CT molecular complexity index is 764. The second kappa shape index (κ2) is 7.19. The van der Waals surface area contributed by atoms with Gasteiger partial charge in [0.25, 0.3) is 5.91 Å². The van der Waals surface area contributed by atoms with Gasteiger partial charge in [-0.15, -0.1) is 0 Å². The molecule has 0 aliphatic carbocycles. The molecule has 6 heteroatoms. The van der Waals surface area contributed by atoms with Crippen LogP contribution in [0.1, 0.15) is 41.3 Å². The molecule has 2 atom stereocenters. The van der Waals surface area contributed by atoms with Crippen LogP contribution < -0.4 is 0 Å². The van der Waals surface area contributed by atoms with E-state index in [-0.39, 0.29) is 23.3 Å². The van der Waals surface area contributed by atoms with E-state index in [1.165, 1.54) is 30.3 Å². The smallest absolute Gasteiger partial charge is 0.257 e. The van der Waals surface area contributed by atoms with Crippen molar-refractivity contribution in [2.24, 2.45) is 0 Å². The highest BCUT2D eigenvalue weighted by molar-refractivity contribution is 5.97. The molecule has 1 saturated heterocycles. The topological polar surface area (TPSA) is 60.8 Å².